The molecule has 0 spiro atoms. The molecule has 0 saturated heterocycles. The van der Waals surface area contributed by atoms with Crippen molar-refractivity contribution in [2.45, 2.75) is 0 Å². The summed E-state index contributed by atoms with van der Waals surface area (Å²) in [7, 11) is 0. The molecule has 2 rings (SSSR count). The monoisotopic (exact) mass is 269 g/mol. The molecule has 0 aliphatic carbocycles. The molecule has 0 aromatic heterocycles. The third-order valence-corrected chi connectivity index (χ3v) is 2.60. The average molecular weight is 270 g/mol. The highest BCUT2D eigenvalue weighted by atomic mass is 35.5. The molecule has 6 heteroatoms. The minimum absolute atomic E-state index is 0.197. The lowest BCUT2D eigenvalue weighted by molar-refractivity contribution is -0.387. The van der Waals surface area contributed by atoms with Crippen LogP contribution in [0, 0.1) is 21.7 Å². The molecule has 0 atom stereocenters. The first kappa shape index (κ1) is 12.4. The van der Waals surface area contributed by atoms with Gasteiger partial charge in [0.25, 0.3) is 0 Å². The van der Waals surface area contributed by atoms with Crippen LogP contribution >= 0.6 is 11.6 Å². The van der Waals surface area contributed by atoms with Crippen molar-refractivity contribution in [3.8, 4) is 11.1 Å². The van der Waals surface area contributed by atoms with E-state index in [-0.39, 0.29) is 5.56 Å². The third kappa shape index (κ3) is 2.31. The van der Waals surface area contributed by atoms with Gasteiger partial charge in [-0.05, 0) is 29.3 Å². The summed E-state index contributed by atoms with van der Waals surface area (Å²) in [6.07, 6.45) is 0. The van der Waals surface area contributed by atoms with Crippen LogP contribution in [-0.2, 0) is 0 Å². The van der Waals surface area contributed by atoms with Gasteiger partial charge in [-0.1, -0.05) is 23.7 Å². The number of hydrogen-bond acceptors (Lipinski definition) is 2. The van der Waals surface area contributed by atoms with Crippen molar-refractivity contribution in [1.29, 1.82) is 0 Å². The second-order valence-corrected chi connectivity index (χ2v) is 4.00. The van der Waals surface area contributed by atoms with Crippen molar-refractivity contribution in [2.75, 3.05) is 0 Å². The number of halogens is 3. The number of nitro groups is 1. The lowest BCUT2D eigenvalue weighted by Crippen LogP contribution is -1.96. The van der Waals surface area contributed by atoms with Crippen LogP contribution in [0.2, 0.25) is 5.02 Å². The van der Waals surface area contributed by atoms with Gasteiger partial charge in [0, 0.05) is 11.1 Å². The first-order valence-electron chi connectivity index (χ1n) is 4.88. The minimum Gasteiger partial charge on any atom is -0.258 e. The van der Waals surface area contributed by atoms with E-state index in [4.69, 9.17) is 11.6 Å². The molecular formula is C12H6ClF2NO2. The SMILES string of the molecule is O=[N+]([O-])c1cc(-c2cccc(Cl)c2)cc(F)c1F. The standard InChI is InChI=1S/C12H6ClF2NO2/c13-9-3-1-2-7(4-9)8-5-10(14)12(15)11(6-8)16(17)18/h1-6H. The predicted octanol–water partition coefficient (Wildman–Crippen LogP) is 4.19. The van der Waals surface area contributed by atoms with E-state index in [1.54, 1.807) is 18.2 Å². The van der Waals surface area contributed by atoms with Gasteiger partial charge in [-0.15, -0.1) is 0 Å². The van der Waals surface area contributed by atoms with E-state index >= 15 is 0 Å². The molecule has 0 fully saturated rings. The molecule has 92 valence electrons. The Kier molecular flexibility index (Phi) is 3.25. The maximum Gasteiger partial charge on any atom is 0.308 e. The Morgan fingerprint density at radius 3 is 2.44 bits per heavy atom. The molecule has 0 radical (unpaired) electrons. The Labute approximate surface area is 106 Å². The highest BCUT2D eigenvalue weighted by Gasteiger charge is 2.20. The van der Waals surface area contributed by atoms with E-state index in [1.165, 1.54) is 6.07 Å². The van der Waals surface area contributed by atoms with Gasteiger partial charge in [0.15, 0.2) is 5.82 Å². The Morgan fingerprint density at radius 1 is 1.11 bits per heavy atom. The molecule has 2 aromatic carbocycles. The van der Waals surface area contributed by atoms with Crippen LogP contribution in [0.5, 0.6) is 0 Å². The quantitative estimate of drug-likeness (QED) is 0.606. The largest absolute Gasteiger partial charge is 0.308 e. The predicted molar refractivity (Wildman–Crippen MR) is 63.5 cm³/mol. The summed E-state index contributed by atoms with van der Waals surface area (Å²) in [5.74, 6) is -2.73. The van der Waals surface area contributed by atoms with Crippen LogP contribution < -0.4 is 0 Å². The molecule has 18 heavy (non-hydrogen) atoms. The molecule has 0 amide bonds. The van der Waals surface area contributed by atoms with Gasteiger partial charge in [0.05, 0.1) is 4.92 Å². The summed E-state index contributed by atoms with van der Waals surface area (Å²) in [4.78, 5) is 9.63. The van der Waals surface area contributed by atoms with Gasteiger partial charge in [-0.2, -0.15) is 4.39 Å². The van der Waals surface area contributed by atoms with Crippen molar-refractivity contribution >= 4 is 17.3 Å². The van der Waals surface area contributed by atoms with Gasteiger partial charge in [-0.3, -0.25) is 10.1 Å². The van der Waals surface area contributed by atoms with E-state index in [2.05, 4.69) is 0 Å². The van der Waals surface area contributed by atoms with Gasteiger partial charge in [0.2, 0.25) is 5.82 Å². The fourth-order valence-electron chi connectivity index (χ4n) is 1.54. The molecule has 0 unspecified atom stereocenters. The molecule has 0 heterocycles. The minimum atomic E-state index is -1.47. The van der Waals surface area contributed by atoms with Crippen LogP contribution in [0.3, 0.4) is 0 Å². The number of rotatable bonds is 2. The highest BCUT2D eigenvalue weighted by molar-refractivity contribution is 6.30. The van der Waals surface area contributed by atoms with Crippen LogP contribution in [0.4, 0.5) is 14.5 Å². The first-order valence-corrected chi connectivity index (χ1v) is 5.26. The zero-order valence-electron chi connectivity index (χ0n) is 8.86. The number of benzene rings is 2. The van der Waals surface area contributed by atoms with E-state index in [0.29, 0.717) is 10.6 Å². The summed E-state index contributed by atoms with van der Waals surface area (Å²) >= 11 is 5.77. The summed E-state index contributed by atoms with van der Waals surface area (Å²) in [5.41, 5.74) is -0.224. The lowest BCUT2D eigenvalue weighted by Gasteiger charge is -2.04. The Hall–Kier alpha value is -2.01. The Balaban J connectivity index is 2.63. The van der Waals surface area contributed by atoms with Crippen LogP contribution in [-0.4, -0.2) is 4.92 Å². The number of nitro benzene ring substituents is 1. The van der Waals surface area contributed by atoms with Crippen molar-refractivity contribution in [3.05, 3.63) is 63.2 Å². The molecule has 0 bridgehead atoms. The molecule has 0 aliphatic rings. The Morgan fingerprint density at radius 2 is 1.83 bits per heavy atom. The van der Waals surface area contributed by atoms with Crippen LogP contribution in [0.15, 0.2) is 36.4 Å². The summed E-state index contributed by atoms with van der Waals surface area (Å²) < 4.78 is 26.5. The lowest BCUT2D eigenvalue weighted by atomic mass is 10.0. The molecule has 3 nitrogen and oxygen atoms in total. The summed E-state index contributed by atoms with van der Waals surface area (Å²) in [5, 5.41) is 11.0. The fraction of sp³-hybridized carbons (Fsp3) is 0. The molecule has 0 N–H and O–H groups in total. The van der Waals surface area contributed by atoms with Crippen LogP contribution in [0.25, 0.3) is 11.1 Å². The van der Waals surface area contributed by atoms with Gasteiger partial charge >= 0.3 is 5.69 Å². The van der Waals surface area contributed by atoms with Crippen molar-refractivity contribution in [3.63, 3.8) is 0 Å². The topological polar surface area (TPSA) is 43.1 Å². The first-order chi connectivity index (χ1) is 8.49. The second kappa shape index (κ2) is 4.70. The van der Waals surface area contributed by atoms with Crippen LogP contribution in [0.1, 0.15) is 0 Å². The molecule has 2 aromatic rings. The van der Waals surface area contributed by atoms with E-state index in [9.17, 15) is 18.9 Å². The van der Waals surface area contributed by atoms with E-state index in [0.717, 1.165) is 12.1 Å². The second-order valence-electron chi connectivity index (χ2n) is 3.56. The van der Waals surface area contributed by atoms with Gasteiger partial charge in [-0.25, -0.2) is 4.39 Å². The third-order valence-electron chi connectivity index (χ3n) is 2.36. The molecular weight excluding hydrogens is 264 g/mol. The Bertz CT molecular complexity index is 631. The number of hydrogen-bond donors (Lipinski definition) is 0. The zero-order valence-corrected chi connectivity index (χ0v) is 9.62. The van der Waals surface area contributed by atoms with Gasteiger partial charge in [0.1, 0.15) is 0 Å². The van der Waals surface area contributed by atoms with Crippen molar-refractivity contribution < 1.29 is 13.7 Å². The molecule has 0 saturated carbocycles. The van der Waals surface area contributed by atoms with Crippen molar-refractivity contribution in [2.24, 2.45) is 0 Å². The maximum atomic E-state index is 13.3. The maximum absolute atomic E-state index is 13.3. The van der Waals surface area contributed by atoms with Crippen molar-refractivity contribution in [1.82, 2.24) is 0 Å². The number of nitrogens with zero attached hydrogens (tertiary/aromatic N) is 1. The van der Waals surface area contributed by atoms with E-state index in [1.807, 2.05) is 0 Å². The normalized spacial score (nSPS) is 10.4. The smallest absolute Gasteiger partial charge is 0.258 e. The molecule has 0 aliphatic heterocycles. The van der Waals surface area contributed by atoms with E-state index < -0.39 is 22.2 Å². The van der Waals surface area contributed by atoms with Gasteiger partial charge < -0.3 is 0 Å². The summed E-state index contributed by atoms with van der Waals surface area (Å²) in [6, 6.07) is 8.21. The average Bonchev–Trinajstić information content (AvgIpc) is 2.32. The highest BCUT2D eigenvalue weighted by Crippen LogP contribution is 2.29. The fourth-order valence-corrected chi connectivity index (χ4v) is 1.73. The summed E-state index contributed by atoms with van der Waals surface area (Å²) in [6.45, 7) is 0. The zero-order chi connectivity index (χ0) is 13.3.